The summed E-state index contributed by atoms with van der Waals surface area (Å²) in [5.74, 6) is 0.991. The molecule has 11 heteroatoms. The van der Waals surface area contributed by atoms with Crippen LogP contribution in [0.5, 0.6) is 0 Å². The van der Waals surface area contributed by atoms with Crippen molar-refractivity contribution < 1.29 is 4.79 Å². The summed E-state index contributed by atoms with van der Waals surface area (Å²) < 4.78 is 2.04. The van der Waals surface area contributed by atoms with Gasteiger partial charge in [0.2, 0.25) is 5.91 Å². The first-order valence-corrected chi connectivity index (χ1v) is 14.9. The molecule has 6 rings (SSSR count). The van der Waals surface area contributed by atoms with Crippen molar-refractivity contribution in [1.29, 1.82) is 5.26 Å². The second kappa shape index (κ2) is 11.4. The average molecular weight is 581 g/mol. The number of hydrogen-bond acceptors (Lipinski definition) is 8. The Morgan fingerprint density at radius 2 is 1.83 bits per heavy atom. The molecule has 41 heavy (non-hydrogen) atoms. The number of aromatic nitrogens is 5. The van der Waals surface area contributed by atoms with Gasteiger partial charge in [0.1, 0.15) is 28.1 Å². The van der Waals surface area contributed by atoms with Gasteiger partial charge in [-0.2, -0.15) is 5.26 Å². The molecule has 5 heterocycles. The maximum atomic E-state index is 12.5. The third-order valence-electron chi connectivity index (χ3n) is 7.30. The van der Waals surface area contributed by atoms with Crippen LogP contribution in [0.1, 0.15) is 36.0 Å². The van der Waals surface area contributed by atoms with Crippen LogP contribution in [0.2, 0.25) is 0 Å². The molecule has 1 aliphatic heterocycles. The van der Waals surface area contributed by atoms with Gasteiger partial charge in [0.25, 0.3) is 0 Å². The lowest BCUT2D eigenvalue weighted by Crippen LogP contribution is -2.29. The van der Waals surface area contributed by atoms with Gasteiger partial charge in [-0.05, 0) is 36.7 Å². The number of hydrogen-bond donors (Lipinski definition) is 0. The van der Waals surface area contributed by atoms with E-state index >= 15 is 0 Å². The minimum absolute atomic E-state index is 0.107. The molecule has 0 aliphatic carbocycles. The maximum absolute atomic E-state index is 12.5. The minimum Gasteiger partial charge on any atom is -0.342 e. The van der Waals surface area contributed by atoms with Gasteiger partial charge in [-0.3, -0.25) is 19.2 Å². The third kappa shape index (κ3) is 5.31. The van der Waals surface area contributed by atoms with E-state index in [0.29, 0.717) is 27.1 Å². The zero-order valence-electron chi connectivity index (χ0n) is 22.9. The summed E-state index contributed by atoms with van der Waals surface area (Å²) in [6.45, 7) is 3.74. The van der Waals surface area contributed by atoms with E-state index in [-0.39, 0.29) is 12.3 Å². The van der Waals surface area contributed by atoms with E-state index in [2.05, 4.69) is 32.2 Å². The fraction of sp³-hybridized carbons (Fsp3) is 0.267. The average Bonchev–Trinajstić information content (AvgIpc) is 3.76. The second-order valence-electron chi connectivity index (χ2n) is 10.0. The Bertz CT molecular complexity index is 1770. The van der Waals surface area contributed by atoms with Gasteiger partial charge >= 0.3 is 0 Å². The number of amides is 1. The number of carbonyl (C=O) groups excluding carboxylic acids is 1. The van der Waals surface area contributed by atoms with Crippen molar-refractivity contribution in [3.63, 3.8) is 0 Å². The maximum Gasteiger partial charge on any atom is 0.228 e. The number of aryl methyl sites for hydroxylation is 1. The normalized spacial score (nSPS) is 13.1. The molecule has 9 nitrogen and oxygen atoms in total. The van der Waals surface area contributed by atoms with Crippen molar-refractivity contribution in [1.82, 2.24) is 29.2 Å². The molecular weight excluding hydrogens is 551 g/mol. The highest BCUT2D eigenvalue weighted by molar-refractivity contribution is 7.27. The molecule has 1 aliphatic rings. The molecule has 1 amide bonds. The molecule has 0 saturated carbocycles. The van der Waals surface area contributed by atoms with Gasteiger partial charge in [0.15, 0.2) is 5.13 Å². The van der Waals surface area contributed by atoms with E-state index in [4.69, 9.17) is 9.97 Å². The Hall–Kier alpha value is -4.19. The van der Waals surface area contributed by atoms with Crippen LogP contribution in [0.15, 0.2) is 55.0 Å². The van der Waals surface area contributed by atoms with Crippen molar-refractivity contribution in [2.24, 2.45) is 0 Å². The Morgan fingerprint density at radius 3 is 2.51 bits per heavy atom. The first-order chi connectivity index (χ1) is 19.9. The fourth-order valence-corrected chi connectivity index (χ4v) is 6.15. The van der Waals surface area contributed by atoms with Gasteiger partial charge in [0, 0.05) is 43.7 Å². The number of nitrogens with zero attached hydrogens (tertiary/aromatic N) is 8. The Balaban J connectivity index is 1.32. The molecular formula is C30H29N8OPS. The summed E-state index contributed by atoms with van der Waals surface area (Å²) >= 11 is 1.36. The summed E-state index contributed by atoms with van der Waals surface area (Å²) in [7, 11) is 4.63. The Morgan fingerprint density at radius 1 is 1.07 bits per heavy atom. The SMILES string of the molecule is CCc1nc2ccc(-c3cnc(CC(=O)N4CCCC4)cn3)cn2c1N(C)c1nc(-c2ccc(P)cc2)c(C#N)s1. The largest absolute Gasteiger partial charge is 0.342 e. The highest BCUT2D eigenvalue weighted by Gasteiger charge is 2.22. The van der Waals surface area contributed by atoms with Gasteiger partial charge in [-0.15, -0.1) is 9.24 Å². The lowest BCUT2D eigenvalue weighted by molar-refractivity contribution is -0.129. The Labute approximate surface area is 244 Å². The van der Waals surface area contributed by atoms with Crippen LogP contribution in [-0.2, 0) is 17.6 Å². The van der Waals surface area contributed by atoms with Crippen LogP contribution in [0, 0.1) is 11.3 Å². The number of likely N-dealkylation sites (tertiary alicyclic amines) is 1. The molecule has 5 aromatic rings. The van der Waals surface area contributed by atoms with Crippen molar-refractivity contribution in [3.05, 3.63) is 71.3 Å². The molecule has 0 radical (unpaired) electrons. The summed E-state index contributed by atoms with van der Waals surface area (Å²) in [6, 6.07) is 14.2. The zero-order valence-corrected chi connectivity index (χ0v) is 24.9. The van der Waals surface area contributed by atoms with Crippen LogP contribution in [0.3, 0.4) is 0 Å². The first kappa shape index (κ1) is 27.0. The predicted molar refractivity (Wildman–Crippen MR) is 165 cm³/mol. The van der Waals surface area contributed by atoms with E-state index < -0.39 is 0 Å². The topological polar surface area (TPSA) is 103 Å². The molecule has 206 valence electrons. The molecule has 0 bridgehead atoms. The van der Waals surface area contributed by atoms with Crippen LogP contribution in [-0.4, -0.2) is 55.3 Å². The van der Waals surface area contributed by atoms with E-state index in [1.807, 2.05) is 63.8 Å². The number of benzene rings is 1. The quantitative estimate of drug-likeness (QED) is 0.255. The number of carbonyl (C=O) groups is 1. The highest BCUT2D eigenvalue weighted by atomic mass is 32.1. The van der Waals surface area contributed by atoms with Crippen molar-refractivity contribution in [3.8, 4) is 28.6 Å². The van der Waals surface area contributed by atoms with Crippen molar-refractivity contribution in [2.45, 2.75) is 32.6 Å². The summed E-state index contributed by atoms with van der Waals surface area (Å²) in [5.41, 5.74) is 5.58. The monoisotopic (exact) mass is 580 g/mol. The number of nitriles is 1. The van der Waals surface area contributed by atoms with E-state index in [9.17, 15) is 10.1 Å². The van der Waals surface area contributed by atoms with Crippen LogP contribution < -0.4 is 10.2 Å². The van der Waals surface area contributed by atoms with Crippen molar-refractivity contribution in [2.75, 3.05) is 25.0 Å². The number of fused-ring (bicyclic) bond motifs is 1. The number of thiazole rings is 1. The van der Waals surface area contributed by atoms with E-state index in [1.165, 1.54) is 11.3 Å². The molecule has 4 aromatic heterocycles. The standard InChI is InChI=1S/C30H29N8OPS/c1-3-23-29(36(2)30-35-28(25(15-31)41-30)19-6-9-22(40)10-7-19)38-18-20(8-11-26(38)34-23)24-17-32-21(16-33-24)14-27(39)37-12-4-5-13-37/h6-11,16-18H,3-5,12-14,40H2,1-2H3. The van der Waals surface area contributed by atoms with Crippen LogP contribution in [0.25, 0.3) is 28.2 Å². The smallest absolute Gasteiger partial charge is 0.228 e. The number of rotatable bonds is 7. The van der Waals surface area contributed by atoms with Crippen LogP contribution >= 0.6 is 20.6 Å². The van der Waals surface area contributed by atoms with Gasteiger partial charge < -0.3 is 9.80 Å². The molecule has 1 unspecified atom stereocenters. The summed E-state index contributed by atoms with van der Waals surface area (Å²) in [4.78, 5) is 35.9. The first-order valence-electron chi connectivity index (χ1n) is 13.6. The molecule has 1 saturated heterocycles. The minimum atomic E-state index is 0.107. The van der Waals surface area contributed by atoms with E-state index in [1.54, 1.807) is 12.4 Å². The third-order valence-corrected chi connectivity index (χ3v) is 8.72. The number of anilines is 2. The molecule has 0 N–H and O–H groups in total. The fourth-order valence-electron chi connectivity index (χ4n) is 5.11. The number of imidazole rings is 1. The molecule has 1 aromatic carbocycles. The van der Waals surface area contributed by atoms with Gasteiger partial charge in [-0.25, -0.2) is 9.97 Å². The molecule has 1 atom stereocenters. The second-order valence-corrected chi connectivity index (χ2v) is 11.7. The Kier molecular flexibility index (Phi) is 7.48. The highest BCUT2D eigenvalue weighted by Crippen LogP contribution is 2.37. The summed E-state index contributed by atoms with van der Waals surface area (Å²) in [5, 5.41) is 11.6. The lowest BCUT2D eigenvalue weighted by atomic mass is 10.1. The van der Waals surface area contributed by atoms with Crippen molar-refractivity contribution >= 4 is 48.4 Å². The summed E-state index contributed by atoms with van der Waals surface area (Å²) in [6.07, 6.45) is 8.56. The van der Waals surface area contributed by atoms with Crippen LogP contribution in [0.4, 0.5) is 10.9 Å². The zero-order chi connectivity index (χ0) is 28.5. The van der Waals surface area contributed by atoms with Gasteiger partial charge in [0.05, 0.1) is 29.7 Å². The molecule has 1 fully saturated rings. The molecule has 0 spiro atoms. The number of pyridine rings is 1. The lowest BCUT2D eigenvalue weighted by Gasteiger charge is -2.17. The predicted octanol–water partition coefficient (Wildman–Crippen LogP) is 4.78. The van der Waals surface area contributed by atoms with E-state index in [0.717, 1.165) is 65.9 Å². The van der Waals surface area contributed by atoms with Gasteiger partial charge in [-0.1, -0.05) is 42.5 Å².